The molecule has 0 unspecified atom stereocenters. The Bertz CT molecular complexity index is 1020. The van der Waals surface area contributed by atoms with Crippen molar-refractivity contribution in [2.24, 2.45) is 5.14 Å². The van der Waals surface area contributed by atoms with E-state index in [0.717, 1.165) is 0 Å². The third-order valence-electron chi connectivity index (χ3n) is 3.73. The summed E-state index contributed by atoms with van der Waals surface area (Å²) in [6.07, 6.45) is 2.84. The van der Waals surface area contributed by atoms with E-state index in [0.29, 0.717) is 39.9 Å². The van der Waals surface area contributed by atoms with Gasteiger partial charge in [-0.2, -0.15) is 0 Å². The standard InChI is InChI=1S/C19H21ClN2O5S/c1-4-27-19-15(20)9-13(10-16(19)26-3)6-8-18(23)22-14-7-5-12(2)17(11-14)28(21,24)25/h5-11H,4H2,1-3H3,(H,22,23)(H2,21,24,25). The molecule has 0 aliphatic heterocycles. The number of anilines is 1. The summed E-state index contributed by atoms with van der Waals surface area (Å²) in [4.78, 5) is 12.1. The van der Waals surface area contributed by atoms with Crippen LogP contribution in [0.25, 0.3) is 6.08 Å². The fourth-order valence-corrected chi connectivity index (χ4v) is 3.54. The van der Waals surface area contributed by atoms with E-state index in [4.69, 9.17) is 26.2 Å². The lowest BCUT2D eigenvalue weighted by atomic mass is 10.2. The van der Waals surface area contributed by atoms with Crippen LogP contribution in [0.1, 0.15) is 18.1 Å². The highest BCUT2D eigenvalue weighted by Crippen LogP contribution is 2.36. The highest BCUT2D eigenvalue weighted by atomic mass is 35.5. The summed E-state index contributed by atoms with van der Waals surface area (Å²) in [5, 5.41) is 8.13. The fraction of sp³-hybridized carbons (Fsp3) is 0.211. The largest absolute Gasteiger partial charge is 0.493 e. The summed E-state index contributed by atoms with van der Waals surface area (Å²) in [5.74, 6) is 0.433. The number of hydrogen-bond donors (Lipinski definition) is 2. The molecule has 3 N–H and O–H groups in total. The Morgan fingerprint density at radius 2 is 2.00 bits per heavy atom. The molecule has 150 valence electrons. The van der Waals surface area contributed by atoms with Crippen LogP contribution >= 0.6 is 11.6 Å². The molecule has 1 amide bonds. The monoisotopic (exact) mass is 424 g/mol. The first-order chi connectivity index (χ1) is 13.2. The van der Waals surface area contributed by atoms with E-state index in [-0.39, 0.29) is 4.90 Å². The van der Waals surface area contributed by atoms with E-state index >= 15 is 0 Å². The summed E-state index contributed by atoms with van der Waals surface area (Å²) >= 11 is 6.20. The van der Waals surface area contributed by atoms with Crippen LogP contribution in [0.2, 0.25) is 5.02 Å². The van der Waals surface area contributed by atoms with Gasteiger partial charge in [0.25, 0.3) is 0 Å². The number of carbonyl (C=O) groups excluding carboxylic acids is 1. The van der Waals surface area contributed by atoms with Gasteiger partial charge in [0.2, 0.25) is 15.9 Å². The van der Waals surface area contributed by atoms with Gasteiger partial charge in [0, 0.05) is 11.8 Å². The van der Waals surface area contributed by atoms with Crippen LogP contribution in [0.5, 0.6) is 11.5 Å². The molecule has 0 aromatic heterocycles. The average molecular weight is 425 g/mol. The van der Waals surface area contributed by atoms with Gasteiger partial charge in [0.15, 0.2) is 11.5 Å². The third kappa shape index (κ3) is 5.48. The molecule has 0 fully saturated rings. The Labute approximate surface area is 169 Å². The SMILES string of the molecule is CCOc1c(Cl)cc(C=CC(=O)Nc2ccc(C)c(S(N)(=O)=O)c2)cc1OC. The maximum Gasteiger partial charge on any atom is 0.248 e. The molecule has 9 heteroatoms. The first-order valence-electron chi connectivity index (χ1n) is 8.28. The molecule has 2 aromatic rings. The number of rotatable bonds is 7. The van der Waals surface area contributed by atoms with Crippen molar-refractivity contribution in [3.05, 3.63) is 52.6 Å². The minimum atomic E-state index is -3.88. The molecule has 0 saturated carbocycles. The van der Waals surface area contributed by atoms with Crippen molar-refractivity contribution in [3.8, 4) is 11.5 Å². The molecule has 0 saturated heterocycles. The van der Waals surface area contributed by atoms with Gasteiger partial charge in [-0.05, 0) is 55.3 Å². The molecule has 7 nitrogen and oxygen atoms in total. The summed E-state index contributed by atoms with van der Waals surface area (Å²) in [7, 11) is -2.38. The molecule has 0 spiro atoms. The van der Waals surface area contributed by atoms with Crippen molar-refractivity contribution in [1.82, 2.24) is 0 Å². The molecule has 0 aliphatic carbocycles. The second-order valence-corrected chi connectivity index (χ2v) is 7.75. The summed E-state index contributed by atoms with van der Waals surface area (Å²) in [5.41, 5.74) is 1.44. The molecule has 0 heterocycles. The van der Waals surface area contributed by atoms with Gasteiger partial charge in [-0.25, -0.2) is 13.6 Å². The topological polar surface area (TPSA) is 108 Å². The van der Waals surface area contributed by atoms with E-state index < -0.39 is 15.9 Å². The van der Waals surface area contributed by atoms with Crippen LogP contribution in [0.15, 0.2) is 41.3 Å². The summed E-state index contributed by atoms with van der Waals surface area (Å²) in [6.45, 7) is 3.89. The van der Waals surface area contributed by atoms with Crippen molar-refractivity contribution >= 4 is 39.3 Å². The molecular formula is C19H21ClN2O5S. The minimum Gasteiger partial charge on any atom is -0.493 e. The predicted molar refractivity (Wildman–Crippen MR) is 109 cm³/mol. The smallest absolute Gasteiger partial charge is 0.248 e. The van der Waals surface area contributed by atoms with Gasteiger partial charge in [-0.3, -0.25) is 4.79 Å². The molecule has 0 atom stereocenters. The Morgan fingerprint density at radius 1 is 1.29 bits per heavy atom. The highest BCUT2D eigenvalue weighted by molar-refractivity contribution is 7.89. The van der Waals surface area contributed by atoms with Gasteiger partial charge < -0.3 is 14.8 Å². The minimum absolute atomic E-state index is 0.0442. The van der Waals surface area contributed by atoms with Gasteiger partial charge in [-0.15, -0.1) is 0 Å². The lowest BCUT2D eigenvalue weighted by molar-refractivity contribution is -0.111. The Kier molecular flexibility index (Phi) is 7.06. The van der Waals surface area contributed by atoms with Crippen LogP contribution < -0.4 is 19.9 Å². The number of halogens is 1. The normalized spacial score (nSPS) is 11.5. The number of amides is 1. The average Bonchev–Trinajstić information content (AvgIpc) is 2.62. The molecule has 0 aliphatic rings. The number of nitrogens with two attached hydrogens (primary N) is 1. The number of aryl methyl sites for hydroxylation is 1. The van der Waals surface area contributed by atoms with Crippen molar-refractivity contribution in [2.75, 3.05) is 19.0 Å². The van der Waals surface area contributed by atoms with Crippen LogP contribution in [-0.4, -0.2) is 28.0 Å². The zero-order valence-corrected chi connectivity index (χ0v) is 17.2. The van der Waals surface area contributed by atoms with Crippen molar-refractivity contribution in [3.63, 3.8) is 0 Å². The first kappa shape index (κ1) is 21.7. The second kappa shape index (κ2) is 9.09. The predicted octanol–water partition coefficient (Wildman–Crippen LogP) is 3.36. The third-order valence-corrected chi connectivity index (χ3v) is 5.06. The van der Waals surface area contributed by atoms with E-state index in [1.165, 1.54) is 19.3 Å². The lowest BCUT2D eigenvalue weighted by Gasteiger charge is -2.12. The molecule has 0 bridgehead atoms. The highest BCUT2D eigenvalue weighted by Gasteiger charge is 2.13. The number of primary sulfonamides is 1. The molecule has 0 radical (unpaired) electrons. The van der Waals surface area contributed by atoms with E-state index in [2.05, 4.69) is 5.32 Å². The number of hydrogen-bond acceptors (Lipinski definition) is 5. The fourth-order valence-electron chi connectivity index (χ4n) is 2.46. The van der Waals surface area contributed by atoms with Gasteiger partial charge in [-0.1, -0.05) is 17.7 Å². The first-order valence-corrected chi connectivity index (χ1v) is 10.2. The van der Waals surface area contributed by atoms with E-state index in [1.54, 1.807) is 37.3 Å². The van der Waals surface area contributed by atoms with Crippen LogP contribution in [0, 0.1) is 6.92 Å². The quantitative estimate of drug-likeness (QED) is 0.662. The number of methoxy groups -OCH3 is 1. The van der Waals surface area contributed by atoms with Crippen molar-refractivity contribution in [2.45, 2.75) is 18.7 Å². The van der Waals surface area contributed by atoms with Crippen LogP contribution in [0.4, 0.5) is 5.69 Å². The van der Waals surface area contributed by atoms with Gasteiger partial charge >= 0.3 is 0 Å². The Balaban J connectivity index is 2.20. The Hall–Kier alpha value is -2.55. The number of sulfonamides is 1. The molecular weight excluding hydrogens is 404 g/mol. The lowest BCUT2D eigenvalue weighted by Crippen LogP contribution is -2.15. The summed E-state index contributed by atoms with van der Waals surface area (Å²) < 4.78 is 33.9. The van der Waals surface area contributed by atoms with Crippen LogP contribution in [0.3, 0.4) is 0 Å². The van der Waals surface area contributed by atoms with Crippen molar-refractivity contribution in [1.29, 1.82) is 0 Å². The molecule has 2 rings (SSSR count). The summed E-state index contributed by atoms with van der Waals surface area (Å²) in [6, 6.07) is 7.80. The molecule has 28 heavy (non-hydrogen) atoms. The van der Waals surface area contributed by atoms with E-state index in [1.807, 2.05) is 6.92 Å². The maximum absolute atomic E-state index is 12.2. The van der Waals surface area contributed by atoms with Crippen LogP contribution in [-0.2, 0) is 14.8 Å². The number of ether oxygens (including phenoxy) is 2. The Morgan fingerprint density at radius 3 is 2.61 bits per heavy atom. The van der Waals surface area contributed by atoms with E-state index in [9.17, 15) is 13.2 Å². The van der Waals surface area contributed by atoms with Crippen molar-refractivity contribution < 1.29 is 22.7 Å². The number of benzene rings is 2. The zero-order valence-electron chi connectivity index (χ0n) is 15.7. The van der Waals surface area contributed by atoms with Gasteiger partial charge in [0.05, 0.1) is 23.6 Å². The van der Waals surface area contributed by atoms with Gasteiger partial charge in [0.1, 0.15) is 0 Å². The maximum atomic E-state index is 12.2. The second-order valence-electron chi connectivity index (χ2n) is 5.81. The number of nitrogens with one attached hydrogen (secondary N) is 1. The number of carbonyl (C=O) groups is 1. The zero-order chi connectivity index (χ0) is 20.9. The molecule has 2 aromatic carbocycles.